The molecule has 1 aromatic heterocycles. The molecule has 1 N–H and O–H groups in total. The van der Waals surface area contributed by atoms with Gasteiger partial charge in [-0.25, -0.2) is 9.97 Å². The minimum atomic E-state index is -0.575. The van der Waals surface area contributed by atoms with E-state index >= 15 is 0 Å². The van der Waals surface area contributed by atoms with E-state index in [9.17, 15) is 10.1 Å². The van der Waals surface area contributed by atoms with Crippen LogP contribution in [-0.2, 0) is 6.54 Å². The third-order valence-electron chi connectivity index (χ3n) is 2.55. The van der Waals surface area contributed by atoms with Crippen LogP contribution in [0.25, 0.3) is 0 Å². The molecule has 0 aliphatic heterocycles. The molecule has 0 aliphatic carbocycles. The summed E-state index contributed by atoms with van der Waals surface area (Å²) in [7, 11) is 0. The number of nitrogens with one attached hydrogen (secondary N) is 1. The van der Waals surface area contributed by atoms with Gasteiger partial charge in [0.05, 0.1) is 11.5 Å². The van der Waals surface area contributed by atoms with Crippen molar-refractivity contribution in [1.82, 2.24) is 9.97 Å². The lowest BCUT2D eigenvalue weighted by Gasteiger charge is -2.06. The van der Waals surface area contributed by atoms with Crippen LogP contribution >= 0.6 is 11.6 Å². The maximum absolute atomic E-state index is 10.9. The lowest BCUT2D eigenvalue weighted by atomic mass is 10.2. The number of nitro groups is 1. The molecule has 19 heavy (non-hydrogen) atoms. The zero-order valence-corrected chi connectivity index (χ0v) is 10.9. The van der Waals surface area contributed by atoms with Gasteiger partial charge in [0, 0.05) is 5.69 Å². The molecule has 1 aromatic carbocycles. The van der Waals surface area contributed by atoms with E-state index in [1.807, 2.05) is 31.2 Å². The average Bonchev–Trinajstić information content (AvgIpc) is 2.37. The van der Waals surface area contributed by atoms with E-state index in [0.717, 1.165) is 11.3 Å². The summed E-state index contributed by atoms with van der Waals surface area (Å²) < 4.78 is 0. The molecule has 98 valence electrons. The average molecular weight is 279 g/mol. The number of benzene rings is 1. The Kier molecular flexibility index (Phi) is 3.91. The van der Waals surface area contributed by atoms with Gasteiger partial charge in [-0.15, -0.1) is 0 Å². The van der Waals surface area contributed by atoms with Crippen LogP contribution in [0.2, 0.25) is 5.15 Å². The maximum Gasteiger partial charge on any atom is 0.329 e. The zero-order chi connectivity index (χ0) is 13.8. The Labute approximate surface area is 114 Å². The van der Waals surface area contributed by atoms with E-state index in [4.69, 9.17) is 11.6 Å². The van der Waals surface area contributed by atoms with Crippen LogP contribution in [0.3, 0.4) is 0 Å². The second-order valence-corrected chi connectivity index (χ2v) is 4.29. The summed E-state index contributed by atoms with van der Waals surface area (Å²) >= 11 is 5.71. The Bertz CT molecular complexity index is 601. The van der Waals surface area contributed by atoms with Crippen molar-refractivity contribution >= 4 is 23.0 Å². The second-order valence-electron chi connectivity index (χ2n) is 3.94. The van der Waals surface area contributed by atoms with Crippen LogP contribution in [0.15, 0.2) is 30.6 Å². The van der Waals surface area contributed by atoms with Crippen molar-refractivity contribution in [3.05, 3.63) is 57.1 Å². The molecule has 0 spiro atoms. The quantitative estimate of drug-likeness (QED) is 0.528. The third kappa shape index (κ3) is 3.17. The highest BCUT2D eigenvalue weighted by molar-refractivity contribution is 6.31. The molecule has 0 fully saturated rings. The van der Waals surface area contributed by atoms with Crippen molar-refractivity contribution in [3.8, 4) is 0 Å². The number of halogens is 1. The molecule has 0 atom stereocenters. The molecule has 0 aliphatic rings. The summed E-state index contributed by atoms with van der Waals surface area (Å²) in [6.07, 6.45) is 1.21. The van der Waals surface area contributed by atoms with Gasteiger partial charge in [0.15, 0.2) is 0 Å². The van der Waals surface area contributed by atoms with Crippen molar-refractivity contribution in [2.24, 2.45) is 0 Å². The van der Waals surface area contributed by atoms with Gasteiger partial charge in [-0.05, 0) is 19.1 Å². The van der Waals surface area contributed by atoms with E-state index in [2.05, 4.69) is 15.3 Å². The largest absolute Gasteiger partial charge is 0.379 e. The fraction of sp³-hybridized carbons (Fsp3) is 0.167. The molecule has 0 saturated carbocycles. The topological polar surface area (TPSA) is 81.0 Å². The summed E-state index contributed by atoms with van der Waals surface area (Å²) in [6, 6.07) is 7.68. The number of hydrogen-bond acceptors (Lipinski definition) is 5. The summed E-state index contributed by atoms with van der Waals surface area (Å²) in [6.45, 7) is 2.19. The number of anilines is 1. The zero-order valence-electron chi connectivity index (χ0n) is 10.1. The Balaban J connectivity index is 2.18. The van der Waals surface area contributed by atoms with E-state index in [0.29, 0.717) is 0 Å². The number of aryl methyl sites for hydroxylation is 1. The van der Waals surface area contributed by atoms with Gasteiger partial charge in [-0.1, -0.05) is 29.3 Å². The van der Waals surface area contributed by atoms with Crippen molar-refractivity contribution in [2.75, 3.05) is 5.32 Å². The molecule has 0 amide bonds. The summed E-state index contributed by atoms with van der Waals surface area (Å²) in [5.74, 6) is 0. The van der Waals surface area contributed by atoms with E-state index in [1.165, 1.54) is 6.33 Å². The monoisotopic (exact) mass is 278 g/mol. The van der Waals surface area contributed by atoms with Gasteiger partial charge in [0.25, 0.3) is 0 Å². The first-order chi connectivity index (χ1) is 9.08. The normalized spacial score (nSPS) is 10.2. The Morgan fingerprint density at radius 3 is 2.63 bits per heavy atom. The first kappa shape index (κ1) is 13.2. The van der Waals surface area contributed by atoms with Crippen molar-refractivity contribution in [2.45, 2.75) is 13.5 Å². The van der Waals surface area contributed by atoms with Gasteiger partial charge in [-0.3, -0.25) is 10.1 Å². The van der Waals surface area contributed by atoms with Gasteiger partial charge >= 0.3 is 5.69 Å². The summed E-state index contributed by atoms with van der Waals surface area (Å²) in [5, 5.41) is 13.8. The van der Waals surface area contributed by atoms with E-state index in [-0.39, 0.29) is 23.1 Å². The number of nitrogens with zero attached hydrogens (tertiary/aromatic N) is 3. The predicted octanol–water partition coefficient (Wildman–Crippen LogP) is 2.96. The fourth-order valence-electron chi connectivity index (χ4n) is 1.56. The van der Waals surface area contributed by atoms with Crippen LogP contribution in [0.5, 0.6) is 0 Å². The maximum atomic E-state index is 10.9. The minimum Gasteiger partial charge on any atom is -0.379 e. The second kappa shape index (κ2) is 5.62. The van der Waals surface area contributed by atoms with Gasteiger partial charge in [0.1, 0.15) is 12.0 Å². The highest BCUT2D eigenvalue weighted by Crippen LogP contribution is 2.24. The number of hydrogen-bond donors (Lipinski definition) is 1. The van der Waals surface area contributed by atoms with Crippen LogP contribution in [0.4, 0.5) is 11.4 Å². The third-order valence-corrected chi connectivity index (χ3v) is 2.82. The molecule has 6 nitrogen and oxygen atoms in total. The molecule has 2 rings (SSSR count). The van der Waals surface area contributed by atoms with Crippen LogP contribution in [0, 0.1) is 17.0 Å². The Hall–Kier alpha value is -2.21. The fourth-order valence-corrected chi connectivity index (χ4v) is 1.78. The van der Waals surface area contributed by atoms with E-state index < -0.39 is 4.92 Å². The summed E-state index contributed by atoms with van der Waals surface area (Å²) in [4.78, 5) is 17.8. The van der Waals surface area contributed by atoms with E-state index in [1.54, 1.807) is 0 Å². The van der Waals surface area contributed by atoms with Crippen LogP contribution in [-0.4, -0.2) is 14.9 Å². The lowest BCUT2D eigenvalue weighted by Crippen LogP contribution is -2.06. The molecular formula is C12H11ClN4O2. The first-order valence-corrected chi connectivity index (χ1v) is 5.90. The molecule has 2 aromatic rings. The predicted molar refractivity (Wildman–Crippen MR) is 72.2 cm³/mol. The van der Waals surface area contributed by atoms with Gasteiger partial charge < -0.3 is 5.32 Å². The Morgan fingerprint density at radius 2 is 2.00 bits per heavy atom. The standard InChI is InChI=1S/C12H11ClN4O2/c1-8-2-4-9(5-3-8)14-6-10-11(17(18)19)12(13)16-7-15-10/h2-5,7,14H,6H2,1H3. The van der Waals surface area contributed by atoms with Gasteiger partial charge in [0.2, 0.25) is 5.15 Å². The first-order valence-electron chi connectivity index (χ1n) is 5.52. The summed E-state index contributed by atoms with van der Waals surface area (Å²) in [5.41, 5.74) is 1.99. The minimum absolute atomic E-state index is 0.152. The lowest BCUT2D eigenvalue weighted by molar-refractivity contribution is -0.386. The SMILES string of the molecule is Cc1ccc(NCc2ncnc(Cl)c2[N+](=O)[O-])cc1. The molecule has 0 unspecified atom stereocenters. The molecule has 0 bridgehead atoms. The number of rotatable bonds is 4. The highest BCUT2D eigenvalue weighted by Gasteiger charge is 2.20. The molecular weight excluding hydrogens is 268 g/mol. The van der Waals surface area contributed by atoms with Crippen LogP contribution < -0.4 is 5.32 Å². The number of aromatic nitrogens is 2. The molecule has 1 heterocycles. The van der Waals surface area contributed by atoms with Crippen molar-refractivity contribution in [1.29, 1.82) is 0 Å². The van der Waals surface area contributed by atoms with Crippen molar-refractivity contribution < 1.29 is 4.92 Å². The Morgan fingerprint density at radius 1 is 1.32 bits per heavy atom. The van der Waals surface area contributed by atoms with Gasteiger partial charge in [-0.2, -0.15) is 0 Å². The van der Waals surface area contributed by atoms with Crippen molar-refractivity contribution in [3.63, 3.8) is 0 Å². The molecule has 0 saturated heterocycles. The smallest absolute Gasteiger partial charge is 0.329 e. The highest BCUT2D eigenvalue weighted by atomic mass is 35.5. The molecule has 0 radical (unpaired) electrons. The molecule has 7 heteroatoms. The van der Waals surface area contributed by atoms with Crippen LogP contribution in [0.1, 0.15) is 11.3 Å².